The zero-order valence-corrected chi connectivity index (χ0v) is 12.9. The van der Waals surface area contributed by atoms with E-state index in [0.29, 0.717) is 0 Å². The molecule has 0 saturated heterocycles. The smallest absolute Gasteiger partial charge is 0.408 e. The quantitative estimate of drug-likeness (QED) is 0.503. The summed E-state index contributed by atoms with van der Waals surface area (Å²) in [6.07, 6.45) is -1.67. The first kappa shape index (κ1) is 18.2. The van der Waals surface area contributed by atoms with Gasteiger partial charge in [0.05, 0.1) is 13.3 Å². The highest BCUT2D eigenvalue weighted by Gasteiger charge is 2.25. The summed E-state index contributed by atoms with van der Waals surface area (Å²) in [6.45, 7) is 0.0130. The molecule has 0 aromatic heterocycles. The van der Waals surface area contributed by atoms with Crippen LogP contribution in [0.2, 0.25) is 0 Å². The topological polar surface area (TPSA) is 122 Å². The second kappa shape index (κ2) is 8.53. The average molecular weight is 331 g/mol. The molecule has 122 valence electrons. The normalized spacial score (nSPS) is 12.3. The predicted molar refractivity (Wildman–Crippen MR) is 77.1 cm³/mol. The Morgan fingerprint density at radius 2 is 1.91 bits per heavy atom. The largest absolute Gasteiger partial charge is 0.467 e. The summed E-state index contributed by atoms with van der Waals surface area (Å²) in [5.74, 6) is -0.801. The lowest BCUT2D eigenvalue weighted by Gasteiger charge is -2.16. The molecule has 1 aromatic carbocycles. The number of amides is 1. The molecule has 0 spiro atoms. The predicted octanol–water partition coefficient (Wildman–Crippen LogP) is 1.02. The molecule has 1 rings (SSSR count). The van der Waals surface area contributed by atoms with Crippen LogP contribution in [0.5, 0.6) is 0 Å². The van der Waals surface area contributed by atoms with Gasteiger partial charge in [0.25, 0.3) is 0 Å². The number of esters is 1. The maximum absolute atomic E-state index is 11.6. The number of hydrogen-bond donors (Lipinski definition) is 3. The van der Waals surface area contributed by atoms with Crippen molar-refractivity contribution in [2.24, 2.45) is 0 Å². The first-order valence-corrected chi connectivity index (χ1v) is 8.21. The van der Waals surface area contributed by atoms with Crippen LogP contribution in [0.15, 0.2) is 30.3 Å². The van der Waals surface area contributed by atoms with Gasteiger partial charge in [-0.1, -0.05) is 30.3 Å². The van der Waals surface area contributed by atoms with Crippen molar-refractivity contribution < 1.29 is 33.4 Å². The Morgan fingerprint density at radius 1 is 1.27 bits per heavy atom. The van der Waals surface area contributed by atoms with Crippen LogP contribution in [0, 0.1) is 0 Å². The molecule has 0 saturated carbocycles. The van der Waals surface area contributed by atoms with Crippen LogP contribution in [-0.2, 0) is 25.4 Å². The zero-order chi connectivity index (χ0) is 16.6. The maximum Gasteiger partial charge on any atom is 0.408 e. The molecule has 0 aliphatic carbocycles. The van der Waals surface area contributed by atoms with E-state index in [2.05, 4.69) is 10.1 Å². The van der Waals surface area contributed by atoms with Crippen LogP contribution in [-0.4, -0.2) is 41.2 Å². The summed E-state index contributed by atoms with van der Waals surface area (Å²) in [4.78, 5) is 40.8. The fourth-order valence-electron chi connectivity index (χ4n) is 1.60. The van der Waals surface area contributed by atoms with Crippen LogP contribution < -0.4 is 5.32 Å². The lowest BCUT2D eigenvalue weighted by Crippen LogP contribution is -2.42. The Kier molecular flexibility index (Phi) is 7.04. The Labute approximate surface area is 127 Å². The third kappa shape index (κ3) is 7.21. The second-order valence-corrected chi connectivity index (χ2v) is 6.24. The number of hydrogen-bond acceptors (Lipinski definition) is 5. The van der Waals surface area contributed by atoms with E-state index in [1.165, 1.54) is 0 Å². The molecule has 3 N–H and O–H groups in total. The molecule has 9 heteroatoms. The standard InChI is InChI=1S/C13H18NO7P/c1-20-12(15)11(7-8-22(17,18)19)14-13(16)21-9-10-5-3-2-4-6-10/h2-6,11H,7-9H2,1H3,(H,14,16)(H2,17,18,19)/t11-/m0/s1. The third-order valence-electron chi connectivity index (χ3n) is 2.70. The fourth-order valence-corrected chi connectivity index (χ4v) is 2.19. The van der Waals surface area contributed by atoms with Crippen LogP contribution in [0.4, 0.5) is 4.79 Å². The van der Waals surface area contributed by atoms with E-state index in [-0.39, 0.29) is 13.0 Å². The van der Waals surface area contributed by atoms with E-state index in [1.807, 2.05) is 6.07 Å². The molecule has 0 bridgehead atoms. The maximum atomic E-state index is 11.6. The van der Waals surface area contributed by atoms with Crippen molar-refractivity contribution in [1.82, 2.24) is 5.32 Å². The summed E-state index contributed by atoms with van der Waals surface area (Å²) >= 11 is 0. The van der Waals surface area contributed by atoms with Crippen LogP contribution >= 0.6 is 7.60 Å². The van der Waals surface area contributed by atoms with Gasteiger partial charge in [-0.05, 0) is 12.0 Å². The minimum atomic E-state index is -4.28. The van der Waals surface area contributed by atoms with Gasteiger partial charge in [0.2, 0.25) is 0 Å². The molecule has 1 atom stereocenters. The number of nitrogens with one attached hydrogen (secondary N) is 1. The molecule has 22 heavy (non-hydrogen) atoms. The monoisotopic (exact) mass is 331 g/mol. The first-order chi connectivity index (χ1) is 10.3. The lowest BCUT2D eigenvalue weighted by atomic mass is 10.2. The van der Waals surface area contributed by atoms with Gasteiger partial charge in [-0.15, -0.1) is 0 Å². The van der Waals surface area contributed by atoms with E-state index in [4.69, 9.17) is 14.5 Å². The van der Waals surface area contributed by atoms with Crippen molar-refractivity contribution in [1.29, 1.82) is 0 Å². The van der Waals surface area contributed by atoms with Crippen molar-refractivity contribution >= 4 is 19.7 Å². The van der Waals surface area contributed by atoms with Gasteiger partial charge in [-0.25, -0.2) is 9.59 Å². The van der Waals surface area contributed by atoms with Crippen molar-refractivity contribution in [3.05, 3.63) is 35.9 Å². The van der Waals surface area contributed by atoms with Crippen LogP contribution in [0.3, 0.4) is 0 Å². The van der Waals surface area contributed by atoms with Gasteiger partial charge in [0.1, 0.15) is 12.6 Å². The van der Waals surface area contributed by atoms with Crippen molar-refractivity contribution in [3.63, 3.8) is 0 Å². The minimum absolute atomic E-state index is 0.0130. The van der Waals surface area contributed by atoms with Crippen molar-refractivity contribution in [2.45, 2.75) is 19.1 Å². The fraction of sp³-hybridized carbons (Fsp3) is 0.385. The van der Waals surface area contributed by atoms with Gasteiger partial charge in [0.15, 0.2) is 0 Å². The molecule has 0 heterocycles. The van der Waals surface area contributed by atoms with Gasteiger partial charge < -0.3 is 24.6 Å². The molecule has 0 radical (unpaired) electrons. The molecule has 0 fully saturated rings. The van der Waals surface area contributed by atoms with E-state index in [9.17, 15) is 14.2 Å². The van der Waals surface area contributed by atoms with Crippen molar-refractivity contribution in [2.75, 3.05) is 13.3 Å². The average Bonchev–Trinajstić information content (AvgIpc) is 2.48. The van der Waals surface area contributed by atoms with Crippen molar-refractivity contribution in [3.8, 4) is 0 Å². The van der Waals surface area contributed by atoms with Gasteiger partial charge >= 0.3 is 19.7 Å². The zero-order valence-electron chi connectivity index (χ0n) is 12.0. The summed E-state index contributed by atoms with van der Waals surface area (Å²) < 4.78 is 20.3. The van der Waals surface area contributed by atoms with Crippen LogP contribution in [0.25, 0.3) is 0 Å². The Bertz CT molecular complexity index is 543. The highest BCUT2D eigenvalue weighted by Crippen LogP contribution is 2.35. The number of rotatable bonds is 7. The lowest BCUT2D eigenvalue weighted by molar-refractivity contribution is -0.143. The van der Waals surface area contributed by atoms with Gasteiger partial charge in [-0.3, -0.25) is 4.57 Å². The molecule has 1 aromatic rings. The second-order valence-electron chi connectivity index (χ2n) is 4.46. The molecule has 1 amide bonds. The molecule has 0 unspecified atom stereocenters. The van der Waals surface area contributed by atoms with Crippen LogP contribution in [0.1, 0.15) is 12.0 Å². The highest BCUT2D eigenvalue weighted by molar-refractivity contribution is 7.51. The van der Waals surface area contributed by atoms with E-state index in [0.717, 1.165) is 12.7 Å². The summed E-state index contributed by atoms with van der Waals surface area (Å²) in [7, 11) is -3.16. The summed E-state index contributed by atoms with van der Waals surface area (Å²) in [5, 5.41) is 2.23. The summed E-state index contributed by atoms with van der Waals surface area (Å²) in [6, 6.07) is 7.74. The van der Waals surface area contributed by atoms with E-state index in [1.54, 1.807) is 24.3 Å². The minimum Gasteiger partial charge on any atom is -0.467 e. The van der Waals surface area contributed by atoms with E-state index < -0.39 is 31.9 Å². The number of benzene rings is 1. The third-order valence-corrected chi connectivity index (χ3v) is 3.54. The Morgan fingerprint density at radius 3 is 2.45 bits per heavy atom. The first-order valence-electron chi connectivity index (χ1n) is 6.41. The number of carbonyl (C=O) groups is 2. The van der Waals surface area contributed by atoms with Gasteiger partial charge in [-0.2, -0.15) is 0 Å². The molecule has 0 aliphatic rings. The Balaban J connectivity index is 2.51. The number of carbonyl (C=O) groups excluding carboxylic acids is 2. The summed E-state index contributed by atoms with van der Waals surface area (Å²) in [5.41, 5.74) is 0.766. The number of methoxy groups -OCH3 is 1. The van der Waals surface area contributed by atoms with E-state index >= 15 is 0 Å². The Hall–Kier alpha value is -1.89. The SMILES string of the molecule is COC(=O)[C@H](CCP(=O)(O)O)NC(=O)OCc1ccccc1. The molecule has 0 aliphatic heterocycles. The molecular formula is C13H18NO7P. The molecular weight excluding hydrogens is 313 g/mol. The highest BCUT2D eigenvalue weighted by atomic mass is 31.2. The number of ether oxygens (including phenoxy) is 2. The molecule has 8 nitrogen and oxygen atoms in total. The number of alkyl carbamates (subject to hydrolysis) is 1. The van der Waals surface area contributed by atoms with Gasteiger partial charge in [0, 0.05) is 0 Å².